The molecule has 1 saturated heterocycles. The van der Waals surface area contributed by atoms with Gasteiger partial charge >= 0.3 is 0 Å². The third kappa shape index (κ3) is 5.45. The Bertz CT molecular complexity index is 686. The van der Waals surface area contributed by atoms with Crippen LogP contribution in [0.2, 0.25) is 0 Å². The molecule has 8 heteroatoms. The molecular weight excluding hydrogens is 366 g/mol. The maximum Gasteiger partial charge on any atom is 0.224 e. The van der Waals surface area contributed by atoms with Crippen molar-refractivity contribution in [2.75, 3.05) is 19.6 Å². The van der Waals surface area contributed by atoms with Crippen molar-refractivity contribution in [1.82, 2.24) is 20.0 Å². The van der Waals surface area contributed by atoms with Crippen LogP contribution >= 0.6 is 12.4 Å². The van der Waals surface area contributed by atoms with E-state index in [4.69, 9.17) is 5.73 Å². The van der Waals surface area contributed by atoms with Gasteiger partial charge in [-0.05, 0) is 45.6 Å². The number of carbonyl (C=O) groups excluding carboxylic acids is 2. The molecule has 0 aromatic carbocycles. The van der Waals surface area contributed by atoms with Gasteiger partial charge in [-0.3, -0.25) is 14.3 Å². The Balaban J connectivity index is 0.00000261. The van der Waals surface area contributed by atoms with Gasteiger partial charge in [0.05, 0.1) is 11.6 Å². The van der Waals surface area contributed by atoms with Crippen LogP contribution in [0.1, 0.15) is 44.0 Å². The predicted octanol–water partition coefficient (Wildman–Crippen LogP) is 1.40. The second-order valence-electron chi connectivity index (χ2n) is 8.26. The van der Waals surface area contributed by atoms with E-state index in [0.29, 0.717) is 19.6 Å². The van der Waals surface area contributed by atoms with Crippen LogP contribution < -0.4 is 11.1 Å². The Morgan fingerprint density at radius 3 is 2.56 bits per heavy atom. The fraction of sp³-hybridized carbons (Fsp3) is 0.737. The third-order valence-electron chi connectivity index (χ3n) is 5.78. The molecule has 0 unspecified atom stereocenters. The number of nitrogens with zero attached hydrogens (tertiary/aromatic N) is 3. The van der Waals surface area contributed by atoms with Crippen LogP contribution in [0.4, 0.5) is 0 Å². The van der Waals surface area contributed by atoms with E-state index in [9.17, 15) is 9.59 Å². The van der Waals surface area contributed by atoms with Gasteiger partial charge in [-0.25, -0.2) is 0 Å². The zero-order valence-corrected chi connectivity index (χ0v) is 17.3. The highest BCUT2D eigenvalue weighted by Gasteiger charge is 2.44. The average molecular weight is 398 g/mol. The zero-order chi connectivity index (χ0) is 18.9. The summed E-state index contributed by atoms with van der Waals surface area (Å²) in [6, 6.07) is 2.04. The van der Waals surface area contributed by atoms with E-state index in [0.717, 1.165) is 43.6 Å². The molecule has 152 valence electrons. The third-order valence-corrected chi connectivity index (χ3v) is 5.78. The summed E-state index contributed by atoms with van der Waals surface area (Å²) < 4.78 is 2.05. The monoisotopic (exact) mass is 397 g/mol. The van der Waals surface area contributed by atoms with Crippen molar-refractivity contribution >= 4 is 24.2 Å². The lowest BCUT2D eigenvalue weighted by Gasteiger charge is -2.24. The SMILES string of the molecule is CC(=O)N1C[C@@H](N)CC[C@@H](C(=O)NCC2(Cn3nc(C)cc3C)CC2)C1.Cl. The normalized spacial score (nSPS) is 23.9. The minimum absolute atomic E-state index is 0. The van der Waals surface area contributed by atoms with Gasteiger partial charge in [0, 0.05) is 50.3 Å². The number of likely N-dealkylation sites (tertiary alicyclic amines) is 1. The smallest absolute Gasteiger partial charge is 0.224 e. The Morgan fingerprint density at radius 2 is 2.00 bits per heavy atom. The highest BCUT2D eigenvalue weighted by Crippen LogP contribution is 2.46. The van der Waals surface area contributed by atoms with E-state index >= 15 is 0 Å². The molecule has 2 aliphatic rings. The van der Waals surface area contributed by atoms with Crippen LogP contribution in [0.3, 0.4) is 0 Å². The van der Waals surface area contributed by atoms with Crippen LogP contribution in [0.15, 0.2) is 6.07 Å². The molecule has 1 aliphatic carbocycles. The number of rotatable bonds is 5. The number of carbonyl (C=O) groups is 2. The van der Waals surface area contributed by atoms with Crippen molar-refractivity contribution in [1.29, 1.82) is 0 Å². The summed E-state index contributed by atoms with van der Waals surface area (Å²) >= 11 is 0. The summed E-state index contributed by atoms with van der Waals surface area (Å²) in [5.74, 6) is -0.134. The molecule has 2 heterocycles. The molecule has 2 atom stereocenters. The first-order valence-electron chi connectivity index (χ1n) is 9.58. The molecule has 3 rings (SSSR count). The largest absolute Gasteiger partial charge is 0.355 e. The molecule has 0 radical (unpaired) electrons. The van der Waals surface area contributed by atoms with Gasteiger partial charge < -0.3 is 16.0 Å². The molecular formula is C19H32ClN5O2. The van der Waals surface area contributed by atoms with E-state index in [2.05, 4.69) is 28.1 Å². The molecule has 1 saturated carbocycles. The molecule has 27 heavy (non-hydrogen) atoms. The standard InChI is InChI=1S/C19H31N5O2.ClH/c1-13-8-14(2)24(22-13)12-19(6-7-19)11-21-18(26)16-4-5-17(20)10-23(9-16)15(3)25;/h8,16-17H,4-7,9-12,20H2,1-3H3,(H,21,26);1H/t16-,17+;/m1./s1. The number of aromatic nitrogens is 2. The minimum Gasteiger partial charge on any atom is -0.355 e. The summed E-state index contributed by atoms with van der Waals surface area (Å²) in [6.07, 6.45) is 3.74. The van der Waals surface area contributed by atoms with E-state index in [1.807, 2.05) is 6.92 Å². The number of halogens is 1. The number of nitrogens with one attached hydrogen (secondary N) is 1. The van der Waals surface area contributed by atoms with Crippen molar-refractivity contribution < 1.29 is 9.59 Å². The molecule has 0 bridgehead atoms. The van der Waals surface area contributed by atoms with Crippen LogP contribution in [0.5, 0.6) is 0 Å². The maximum absolute atomic E-state index is 12.7. The number of nitrogens with two attached hydrogens (primary N) is 1. The molecule has 0 spiro atoms. The fourth-order valence-corrected chi connectivity index (χ4v) is 3.83. The number of hydrogen-bond acceptors (Lipinski definition) is 4. The van der Waals surface area contributed by atoms with Crippen molar-refractivity contribution in [2.45, 2.75) is 59.0 Å². The molecule has 1 aliphatic heterocycles. The average Bonchev–Trinajstić information content (AvgIpc) is 3.30. The zero-order valence-electron chi connectivity index (χ0n) is 16.5. The minimum atomic E-state index is -0.170. The summed E-state index contributed by atoms with van der Waals surface area (Å²) in [7, 11) is 0. The van der Waals surface area contributed by atoms with Gasteiger partial charge in [0.25, 0.3) is 0 Å². The summed E-state index contributed by atoms with van der Waals surface area (Å²) in [4.78, 5) is 26.2. The van der Waals surface area contributed by atoms with E-state index in [1.165, 1.54) is 0 Å². The van der Waals surface area contributed by atoms with Gasteiger partial charge in [-0.2, -0.15) is 5.10 Å². The Labute approximate surface area is 167 Å². The molecule has 7 nitrogen and oxygen atoms in total. The first-order valence-corrected chi connectivity index (χ1v) is 9.58. The van der Waals surface area contributed by atoms with Crippen molar-refractivity contribution in [3.05, 3.63) is 17.5 Å². The summed E-state index contributed by atoms with van der Waals surface area (Å²) in [6.45, 7) is 8.15. The van der Waals surface area contributed by atoms with Crippen LogP contribution in [-0.2, 0) is 16.1 Å². The van der Waals surface area contributed by atoms with Crippen molar-refractivity contribution in [3.63, 3.8) is 0 Å². The maximum atomic E-state index is 12.7. The van der Waals surface area contributed by atoms with Gasteiger partial charge in [0.2, 0.25) is 11.8 Å². The van der Waals surface area contributed by atoms with Gasteiger partial charge in [0.1, 0.15) is 0 Å². The van der Waals surface area contributed by atoms with Gasteiger partial charge in [-0.15, -0.1) is 12.4 Å². The Morgan fingerprint density at radius 1 is 1.30 bits per heavy atom. The van der Waals surface area contributed by atoms with Crippen molar-refractivity contribution in [3.8, 4) is 0 Å². The first-order chi connectivity index (χ1) is 12.3. The molecule has 2 fully saturated rings. The fourth-order valence-electron chi connectivity index (χ4n) is 3.83. The lowest BCUT2D eigenvalue weighted by Crippen LogP contribution is -2.43. The van der Waals surface area contributed by atoms with E-state index in [1.54, 1.807) is 11.8 Å². The molecule has 3 N–H and O–H groups in total. The lowest BCUT2D eigenvalue weighted by molar-refractivity contribution is -0.131. The molecule has 2 amide bonds. The highest BCUT2D eigenvalue weighted by atomic mass is 35.5. The lowest BCUT2D eigenvalue weighted by atomic mass is 10.0. The van der Waals surface area contributed by atoms with Crippen LogP contribution in [-0.4, -0.2) is 52.2 Å². The number of hydrogen-bond donors (Lipinski definition) is 2. The van der Waals surface area contributed by atoms with E-state index in [-0.39, 0.29) is 41.6 Å². The molecule has 1 aromatic rings. The number of aryl methyl sites for hydroxylation is 2. The first kappa shape index (κ1) is 21.7. The Hall–Kier alpha value is -1.60. The Kier molecular flexibility index (Phi) is 6.92. The van der Waals surface area contributed by atoms with Gasteiger partial charge in [0.15, 0.2) is 0 Å². The number of amides is 2. The van der Waals surface area contributed by atoms with E-state index < -0.39 is 0 Å². The van der Waals surface area contributed by atoms with Crippen LogP contribution in [0.25, 0.3) is 0 Å². The molecule has 1 aromatic heterocycles. The topological polar surface area (TPSA) is 93.2 Å². The summed E-state index contributed by atoms with van der Waals surface area (Å²) in [5.41, 5.74) is 8.36. The second kappa shape index (κ2) is 8.61. The predicted molar refractivity (Wildman–Crippen MR) is 107 cm³/mol. The highest BCUT2D eigenvalue weighted by molar-refractivity contribution is 5.85. The van der Waals surface area contributed by atoms with Crippen molar-refractivity contribution in [2.24, 2.45) is 17.1 Å². The van der Waals surface area contributed by atoms with Gasteiger partial charge in [-0.1, -0.05) is 0 Å². The quantitative estimate of drug-likeness (QED) is 0.785. The summed E-state index contributed by atoms with van der Waals surface area (Å²) in [5, 5.41) is 7.69. The second-order valence-corrected chi connectivity index (χ2v) is 8.26. The van der Waals surface area contributed by atoms with Crippen LogP contribution in [0, 0.1) is 25.2 Å².